The topological polar surface area (TPSA) is 184 Å². The van der Waals surface area contributed by atoms with Gasteiger partial charge in [0.1, 0.15) is 29.1 Å². The Balaban J connectivity index is 1.48. The molecule has 0 saturated carbocycles. The molecule has 2 aromatic heterocycles. The third-order valence-corrected chi connectivity index (χ3v) is 7.61. The highest BCUT2D eigenvalue weighted by molar-refractivity contribution is 8.01. The maximum atomic E-state index is 12.8. The molecular formula is C17H15N7O5S3. The van der Waals surface area contributed by atoms with E-state index < -0.39 is 29.2 Å². The molecule has 2 aliphatic rings. The summed E-state index contributed by atoms with van der Waals surface area (Å²) in [5.41, 5.74) is 5.72. The van der Waals surface area contributed by atoms with Gasteiger partial charge in [-0.05, 0) is 11.6 Å². The number of nitrogens with two attached hydrogens (primary N) is 1. The number of rotatable bonds is 7. The number of nitrogens with one attached hydrogen (secondary N) is 1. The van der Waals surface area contributed by atoms with Crippen LogP contribution in [0.15, 0.2) is 45.4 Å². The third kappa shape index (κ3) is 4.13. The molecule has 2 amide bonds. The number of aliphatic carboxylic acids is 1. The van der Waals surface area contributed by atoms with Crippen LogP contribution in [-0.2, 0) is 14.4 Å². The zero-order valence-corrected chi connectivity index (χ0v) is 18.5. The Kier molecular flexibility index (Phi) is 6.29. The van der Waals surface area contributed by atoms with E-state index in [4.69, 9.17) is 5.73 Å². The summed E-state index contributed by atoms with van der Waals surface area (Å²) in [6.45, 7) is 0. The van der Waals surface area contributed by atoms with Crippen LogP contribution in [0.2, 0.25) is 0 Å². The highest BCUT2D eigenvalue weighted by Gasteiger charge is 2.54. The maximum Gasteiger partial charge on any atom is 0.352 e. The highest BCUT2D eigenvalue weighted by atomic mass is 32.2. The summed E-state index contributed by atoms with van der Waals surface area (Å²) in [4.78, 5) is 50.2. The van der Waals surface area contributed by atoms with Gasteiger partial charge >= 0.3 is 5.97 Å². The molecule has 0 spiro atoms. The zero-order chi connectivity index (χ0) is 22.8. The SMILES string of the molecule is Nc1nc(/C(=N/O)C(=O)N[C@@H]2C(=O)N3C(C(=O)O)=C(CSc4ccncn4)CS[C@H]23)cs1. The first kappa shape index (κ1) is 22.0. The van der Waals surface area contributed by atoms with Crippen LogP contribution in [0.3, 0.4) is 0 Å². The van der Waals surface area contributed by atoms with Crippen molar-refractivity contribution in [3.63, 3.8) is 0 Å². The van der Waals surface area contributed by atoms with E-state index in [9.17, 15) is 24.7 Å². The molecule has 2 aromatic rings. The van der Waals surface area contributed by atoms with E-state index in [0.717, 1.165) is 11.3 Å². The van der Waals surface area contributed by atoms with Crippen LogP contribution in [0.25, 0.3) is 0 Å². The van der Waals surface area contributed by atoms with Crippen molar-refractivity contribution in [1.29, 1.82) is 0 Å². The lowest BCUT2D eigenvalue weighted by Gasteiger charge is -2.49. The van der Waals surface area contributed by atoms with Gasteiger partial charge in [0, 0.05) is 23.1 Å². The van der Waals surface area contributed by atoms with Gasteiger partial charge in [-0.25, -0.2) is 19.7 Å². The molecule has 2 aliphatic heterocycles. The van der Waals surface area contributed by atoms with Gasteiger partial charge < -0.3 is 21.4 Å². The molecule has 0 aromatic carbocycles. The van der Waals surface area contributed by atoms with E-state index in [1.807, 2.05) is 0 Å². The minimum Gasteiger partial charge on any atom is -0.477 e. The number of nitrogens with zero attached hydrogens (tertiary/aromatic N) is 5. The fraction of sp³-hybridized carbons (Fsp3) is 0.235. The minimum absolute atomic E-state index is 0.0718. The Morgan fingerprint density at radius 2 is 2.25 bits per heavy atom. The number of thiazole rings is 1. The molecule has 2 atom stereocenters. The quantitative estimate of drug-likeness (QED) is 0.103. The number of fused-ring (bicyclic) bond motifs is 1. The predicted molar refractivity (Wildman–Crippen MR) is 117 cm³/mol. The molecule has 15 heteroatoms. The van der Waals surface area contributed by atoms with E-state index in [2.05, 4.69) is 25.4 Å². The lowest BCUT2D eigenvalue weighted by molar-refractivity contribution is -0.150. The number of β-lactam (4-membered cyclic amide) rings is 1. The second kappa shape index (κ2) is 9.13. The molecule has 32 heavy (non-hydrogen) atoms. The molecule has 0 bridgehead atoms. The monoisotopic (exact) mass is 493 g/mol. The molecule has 4 rings (SSSR count). The van der Waals surface area contributed by atoms with Gasteiger partial charge in [0.05, 0.1) is 5.03 Å². The first-order valence-electron chi connectivity index (χ1n) is 8.93. The fourth-order valence-corrected chi connectivity index (χ4v) is 6.00. The molecule has 0 unspecified atom stereocenters. The average molecular weight is 494 g/mol. The van der Waals surface area contributed by atoms with Crippen LogP contribution < -0.4 is 11.1 Å². The number of carbonyl (C=O) groups excluding carboxylic acids is 2. The fourth-order valence-electron chi connectivity index (χ4n) is 3.14. The summed E-state index contributed by atoms with van der Waals surface area (Å²) in [5.74, 6) is -1.90. The Morgan fingerprint density at radius 1 is 1.44 bits per heavy atom. The minimum atomic E-state index is -1.22. The van der Waals surface area contributed by atoms with E-state index in [1.54, 1.807) is 12.3 Å². The number of carboxylic acids is 1. The van der Waals surface area contributed by atoms with Crippen LogP contribution in [0.5, 0.6) is 0 Å². The van der Waals surface area contributed by atoms with Gasteiger partial charge in [-0.1, -0.05) is 5.16 Å². The van der Waals surface area contributed by atoms with E-state index in [0.29, 0.717) is 22.1 Å². The molecule has 4 heterocycles. The lowest BCUT2D eigenvalue weighted by atomic mass is 10.0. The maximum absolute atomic E-state index is 12.8. The van der Waals surface area contributed by atoms with Crippen LogP contribution in [0.1, 0.15) is 5.69 Å². The van der Waals surface area contributed by atoms with Crippen molar-refractivity contribution in [3.8, 4) is 0 Å². The summed E-state index contributed by atoms with van der Waals surface area (Å²) in [6, 6.07) is 0.742. The number of carbonyl (C=O) groups is 3. The standard InChI is InChI=1S/C17H15N7O5S3/c18-17-21-8(5-32-17)10(23-29)13(25)22-11-14(26)24-12(16(27)28)7(4-31-15(11)24)3-30-9-1-2-19-6-20-9/h1-2,5-6,11,15,29H,3-4H2,(H2,18,21)(H,22,25)(H,27,28)/b23-10-/t11-,15-/m1/s1. The zero-order valence-electron chi connectivity index (χ0n) is 16.0. The Morgan fingerprint density at radius 3 is 2.88 bits per heavy atom. The third-order valence-electron chi connectivity index (χ3n) is 4.57. The summed E-state index contributed by atoms with van der Waals surface area (Å²) in [6.07, 6.45) is 2.99. The number of aromatic nitrogens is 3. The van der Waals surface area contributed by atoms with Crippen LogP contribution in [0, 0.1) is 0 Å². The molecule has 12 nitrogen and oxygen atoms in total. The van der Waals surface area contributed by atoms with Crippen molar-refractivity contribution in [2.24, 2.45) is 5.16 Å². The number of carboxylic acid groups (broad SMARTS) is 1. The second-order valence-corrected chi connectivity index (χ2v) is 9.46. The van der Waals surface area contributed by atoms with Crippen LogP contribution >= 0.6 is 34.9 Å². The number of nitrogen functional groups attached to an aromatic ring is 1. The van der Waals surface area contributed by atoms with Gasteiger partial charge in [0.2, 0.25) is 0 Å². The Hall–Kier alpha value is -3.17. The molecule has 0 aliphatic carbocycles. The van der Waals surface area contributed by atoms with Crippen molar-refractivity contribution >= 4 is 63.5 Å². The Bertz CT molecular complexity index is 1140. The van der Waals surface area contributed by atoms with Gasteiger partial charge in [-0.15, -0.1) is 34.9 Å². The molecular weight excluding hydrogens is 478 g/mol. The van der Waals surface area contributed by atoms with Crippen molar-refractivity contribution in [2.45, 2.75) is 16.4 Å². The highest BCUT2D eigenvalue weighted by Crippen LogP contribution is 2.41. The first-order chi connectivity index (χ1) is 15.4. The number of oxime groups is 1. The molecule has 5 N–H and O–H groups in total. The van der Waals surface area contributed by atoms with Gasteiger partial charge in [0.25, 0.3) is 11.8 Å². The number of amides is 2. The van der Waals surface area contributed by atoms with E-state index >= 15 is 0 Å². The van der Waals surface area contributed by atoms with Crippen molar-refractivity contribution < 1.29 is 24.7 Å². The summed E-state index contributed by atoms with van der Waals surface area (Å²) < 4.78 is 0. The number of anilines is 1. The van der Waals surface area contributed by atoms with Gasteiger partial charge in [-0.2, -0.15) is 0 Å². The van der Waals surface area contributed by atoms with Gasteiger partial charge in [0.15, 0.2) is 10.8 Å². The predicted octanol–water partition coefficient (Wildman–Crippen LogP) is 0.225. The molecule has 1 fully saturated rings. The largest absolute Gasteiger partial charge is 0.477 e. The molecule has 0 radical (unpaired) electrons. The van der Waals surface area contributed by atoms with Crippen molar-refractivity contribution in [2.75, 3.05) is 17.2 Å². The second-order valence-electron chi connectivity index (χ2n) is 6.47. The number of hydrogen-bond donors (Lipinski definition) is 4. The lowest BCUT2D eigenvalue weighted by Crippen LogP contribution is -2.71. The number of hydrogen-bond acceptors (Lipinski definition) is 12. The van der Waals surface area contributed by atoms with Gasteiger partial charge in [-0.3, -0.25) is 14.5 Å². The van der Waals surface area contributed by atoms with Crippen molar-refractivity contribution in [3.05, 3.63) is 40.9 Å². The summed E-state index contributed by atoms with van der Waals surface area (Å²) in [5, 5.41) is 26.1. The summed E-state index contributed by atoms with van der Waals surface area (Å²) >= 11 is 3.74. The van der Waals surface area contributed by atoms with E-state index in [1.165, 1.54) is 40.1 Å². The van der Waals surface area contributed by atoms with Crippen LogP contribution in [0.4, 0.5) is 5.13 Å². The number of thioether (sulfide) groups is 2. The van der Waals surface area contributed by atoms with Crippen LogP contribution in [-0.4, -0.2) is 76.6 Å². The first-order valence-corrected chi connectivity index (χ1v) is 11.8. The van der Waals surface area contributed by atoms with E-state index in [-0.39, 0.29) is 22.2 Å². The normalized spacial score (nSPS) is 20.6. The summed E-state index contributed by atoms with van der Waals surface area (Å²) in [7, 11) is 0. The van der Waals surface area contributed by atoms with Crippen molar-refractivity contribution in [1.82, 2.24) is 25.2 Å². The average Bonchev–Trinajstić information content (AvgIpc) is 3.22. The smallest absolute Gasteiger partial charge is 0.352 e. The molecule has 166 valence electrons. The Labute approximate surface area is 193 Å². The molecule has 1 saturated heterocycles.